The minimum Gasteiger partial charge on any atom is -0.496 e. The van der Waals surface area contributed by atoms with E-state index in [1.807, 2.05) is 12.1 Å². The number of hydrogen-bond donors (Lipinski definition) is 0. The van der Waals surface area contributed by atoms with E-state index in [1.54, 1.807) is 7.11 Å². The Kier molecular flexibility index (Phi) is 5.11. The van der Waals surface area contributed by atoms with Crippen LogP contribution in [0.2, 0.25) is 0 Å². The number of aryl methyl sites for hydroxylation is 2. The lowest BCUT2D eigenvalue weighted by Gasteiger charge is -2.15. The van der Waals surface area contributed by atoms with Crippen LogP contribution in [-0.2, 0) is 6.42 Å². The summed E-state index contributed by atoms with van der Waals surface area (Å²) in [6, 6.07) is 12.5. The van der Waals surface area contributed by atoms with Crippen molar-refractivity contribution in [2.75, 3.05) is 7.11 Å². The molecular weight excluding hydrogens is 336 g/mol. The molecule has 20 heavy (non-hydrogen) atoms. The number of methoxy groups -OCH3 is 1. The van der Waals surface area contributed by atoms with Crippen molar-refractivity contribution >= 4 is 27.5 Å². The molecule has 0 aliphatic heterocycles. The number of rotatable bonds is 4. The maximum absolute atomic E-state index is 6.58. The van der Waals surface area contributed by atoms with Gasteiger partial charge in [0.2, 0.25) is 0 Å². The minimum atomic E-state index is -0.0346. The number of alkyl halides is 1. The molecule has 1 unspecified atom stereocenters. The van der Waals surface area contributed by atoms with E-state index in [2.05, 4.69) is 54.0 Å². The van der Waals surface area contributed by atoms with Crippen LogP contribution in [0.3, 0.4) is 0 Å². The van der Waals surface area contributed by atoms with Gasteiger partial charge in [0.15, 0.2) is 0 Å². The highest BCUT2D eigenvalue weighted by molar-refractivity contribution is 9.10. The molecular formula is C17H18BrClO. The van der Waals surface area contributed by atoms with Gasteiger partial charge in [0.25, 0.3) is 0 Å². The number of benzene rings is 2. The zero-order chi connectivity index (χ0) is 14.7. The van der Waals surface area contributed by atoms with Crippen molar-refractivity contribution in [1.82, 2.24) is 0 Å². The molecule has 1 atom stereocenters. The van der Waals surface area contributed by atoms with Gasteiger partial charge < -0.3 is 4.74 Å². The molecule has 2 aromatic rings. The van der Waals surface area contributed by atoms with Gasteiger partial charge in [-0.05, 0) is 54.7 Å². The zero-order valence-electron chi connectivity index (χ0n) is 11.9. The third kappa shape index (κ3) is 3.56. The van der Waals surface area contributed by atoms with Gasteiger partial charge in [0.1, 0.15) is 5.75 Å². The van der Waals surface area contributed by atoms with E-state index < -0.39 is 0 Å². The fourth-order valence-corrected chi connectivity index (χ4v) is 3.23. The average Bonchev–Trinajstić information content (AvgIpc) is 2.38. The number of ether oxygens (including phenoxy) is 1. The van der Waals surface area contributed by atoms with Gasteiger partial charge in [-0.3, -0.25) is 0 Å². The molecule has 0 aliphatic rings. The fourth-order valence-electron chi connectivity index (χ4n) is 2.48. The Morgan fingerprint density at radius 3 is 2.35 bits per heavy atom. The third-order valence-corrected chi connectivity index (χ3v) is 4.25. The summed E-state index contributed by atoms with van der Waals surface area (Å²) in [6.07, 6.45) is 0.812. The van der Waals surface area contributed by atoms with Crippen LogP contribution in [0.5, 0.6) is 5.75 Å². The van der Waals surface area contributed by atoms with Crippen molar-refractivity contribution < 1.29 is 4.74 Å². The van der Waals surface area contributed by atoms with Crippen molar-refractivity contribution in [2.24, 2.45) is 0 Å². The predicted molar refractivity (Wildman–Crippen MR) is 88.9 cm³/mol. The van der Waals surface area contributed by atoms with Crippen molar-refractivity contribution in [1.29, 1.82) is 0 Å². The minimum absolute atomic E-state index is 0.0346. The topological polar surface area (TPSA) is 9.23 Å². The van der Waals surface area contributed by atoms with Gasteiger partial charge in [-0.2, -0.15) is 0 Å². The molecule has 0 spiro atoms. The Morgan fingerprint density at radius 1 is 1.15 bits per heavy atom. The van der Waals surface area contributed by atoms with E-state index in [-0.39, 0.29) is 5.38 Å². The lowest BCUT2D eigenvalue weighted by atomic mass is 9.99. The van der Waals surface area contributed by atoms with Crippen LogP contribution < -0.4 is 4.74 Å². The largest absolute Gasteiger partial charge is 0.496 e. The van der Waals surface area contributed by atoms with Crippen LogP contribution in [0, 0.1) is 13.8 Å². The number of halogens is 2. The van der Waals surface area contributed by atoms with Gasteiger partial charge in [0, 0.05) is 4.47 Å². The number of hydrogen-bond acceptors (Lipinski definition) is 1. The van der Waals surface area contributed by atoms with Crippen molar-refractivity contribution in [3.63, 3.8) is 0 Å². The van der Waals surface area contributed by atoms with Crippen LogP contribution in [0.15, 0.2) is 40.9 Å². The van der Waals surface area contributed by atoms with Gasteiger partial charge >= 0.3 is 0 Å². The van der Waals surface area contributed by atoms with E-state index in [0.29, 0.717) is 0 Å². The highest BCUT2D eigenvalue weighted by Gasteiger charge is 2.13. The standard InChI is InChI=1S/C17H18BrClO/c1-11-7-14(8-12(2)17(11)20-3)16(19)10-13-5-4-6-15(18)9-13/h4-9,16H,10H2,1-3H3. The molecule has 1 nitrogen and oxygen atoms in total. The monoisotopic (exact) mass is 352 g/mol. The Hall–Kier alpha value is -0.990. The summed E-state index contributed by atoms with van der Waals surface area (Å²) >= 11 is 10.1. The maximum atomic E-state index is 6.58. The van der Waals surface area contributed by atoms with E-state index in [4.69, 9.17) is 16.3 Å². The van der Waals surface area contributed by atoms with Crippen molar-refractivity contribution in [3.8, 4) is 5.75 Å². The molecule has 0 saturated heterocycles. The molecule has 0 saturated carbocycles. The highest BCUT2D eigenvalue weighted by atomic mass is 79.9. The van der Waals surface area contributed by atoms with E-state index in [9.17, 15) is 0 Å². The van der Waals surface area contributed by atoms with Crippen LogP contribution >= 0.6 is 27.5 Å². The molecule has 2 rings (SSSR count). The maximum Gasteiger partial charge on any atom is 0.124 e. The normalized spacial score (nSPS) is 12.2. The quantitative estimate of drug-likeness (QED) is 0.650. The summed E-state index contributed by atoms with van der Waals surface area (Å²) in [5, 5.41) is -0.0346. The fraction of sp³-hybridized carbons (Fsp3) is 0.294. The Morgan fingerprint density at radius 2 is 1.80 bits per heavy atom. The summed E-state index contributed by atoms with van der Waals surface area (Å²) in [5.74, 6) is 0.945. The Balaban J connectivity index is 2.23. The van der Waals surface area contributed by atoms with Crippen LogP contribution in [0.25, 0.3) is 0 Å². The van der Waals surface area contributed by atoms with Gasteiger partial charge in [-0.25, -0.2) is 0 Å². The molecule has 0 N–H and O–H groups in total. The first kappa shape index (κ1) is 15.4. The SMILES string of the molecule is COc1c(C)cc(C(Cl)Cc2cccc(Br)c2)cc1C. The molecule has 0 aliphatic carbocycles. The average molecular weight is 354 g/mol. The first-order valence-corrected chi connectivity index (χ1v) is 7.78. The van der Waals surface area contributed by atoms with Gasteiger partial charge in [-0.1, -0.05) is 40.2 Å². The second-order valence-electron chi connectivity index (χ2n) is 4.99. The third-order valence-electron chi connectivity index (χ3n) is 3.35. The van der Waals surface area contributed by atoms with Crippen LogP contribution in [0.4, 0.5) is 0 Å². The molecule has 0 radical (unpaired) electrons. The van der Waals surface area contributed by atoms with Crippen LogP contribution in [0.1, 0.15) is 27.6 Å². The predicted octanol–water partition coefficient (Wildman–Crippen LogP) is 5.60. The Labute approximate surface area is 134 Å². The molecule has 0 aromatic heterocycles. The summed E-state index contributed by atoms with van der Waals surface area (Å²) in [7, 11) is 1.70. The van der Waals surface area contributed by atoms with Crippen molar-refractivity contribution in [3.05, 3.63) is 63.1 Å². The van der Waals surface area contributed by atoms with E-state index in [0.717, 1.165) is 33.3 Å². The first-order chi connectivity index (χ1) is 9.51. The first-order valence-electron chi connectivity index (χ1n) is 6.55. The van der Waals surface area contributed by atoms with E-state index in [1.165, 1.54) is 5.56 Å². The smallest absolute Gasteiger partial charge is 0.124 e. The molecule has 0 bridgehead atoms. The molecule has 3 heteroatoms. The zero-order valence-corrected chi connectivity index (χ0v) is 14.3. The van der Waals surface area contributed by atoms with E-state index >= 15 is 0 Å². The summed E-state index contributed by atoms with van der Waals surface area (Å²) < 4.78 is 6.48. The molecule has 0 heterocycles. The lowest BCUT2D eigenvalue weighted by molar-refractivity contribution is 0.408. The highest BCUT2D eigenvalue weighted by Crippen LogP contribution is 2.32. The van der Waals surface area contributed by atoms with Crippen molar-refractivity contribution in [2.45, 2.75) is 25.6 Å². The van der Waals surface area contributed by atoms with Crippen LogP contribution in [-0.4, -0.2) is 7.11 Å². The molecule has 2 aromatic carbocycles. The van der Waals surface area contributed by atoms with Gasteiger partial charge in [0.05, 0.1) is 12.5 Å². The van der Waals surface area contributed by atoms with Gasteiger partial charge in [-0.15, -0.1) is 11.6 Å². The Bertz CT molecular complexity index is 587. The second kappa shape index (κ2) is 6.64. The molecule has 106 valence electrons. The summed E-state index contributed by atoms with van der Waals surface area (Å²) in [5.41, 5.74) is 4.62. The lowest BCUT2D eigenvalue weighted by Crippen LogP contribution is -1.99. The molecule has 0 fully saturated rings. The summed E-state index contributed by atoms with van der Waals surface area (Å²) in [6.45, 7) is 4.11. The second-order valence-corrected chi connectivity index (χ2v) is 6.43. The summed E-state index contributed by atoms with van der Waals surface area (Å²) in [4.78, 5) is 0. The molecule has 0 amide bonds.